The molecule has 5 nitrogen and oxygen atoms in total. The molecular weight excluding hydrogens is 266 g/mol. The molecule has 0 atom stereocenters. The van der Waals surface area contributed by atoms with Crippen LogP contribution in [-0.2, 0) is 0 Å². The first-order valence-corrected chi connectivity index (χ1v) is 5.82. The van der Waals surface area contributed by atoms with Crippen molar-refractivity contribution in [3.8, 4) is 0 Å². The minimum atomic E-state index is -0.455. The van der Waals surface area contributed by atoms with Gasteiger partial charge in [0.05, 0.1) is 16.8 Å². The summed E-state index contributed by atoms with van der Waals surface area (Å²) in [5.41, 5.74) is 4.04. The van der Waals surface area contributed by atoms with Gasteiger partial charge in [0, 0.05) is 22.7 Å². The molecule has 0 heterocycles. The summed E-state index contributed by atoms with van der Waals surface area (Å²) in [5.74, 6) is 0. The minimum Gasteiger partial charge on any atom is -0.278 e. The molecule has 0 aliphatic carbocycles. The average molecular weight is 276 g/mol. The lowest BCUT2D eigenvalue weighted by atomic mass is 10.2. The van der Waals surface area contributed by atoms with Crippen molar-refractivity contribution >= 4 is 29.2 Å². The first-order valence-electron chi connectivity index (χ1n) is 5.45. The number of benzene rings is 2. The second kappa shape index (κ2) is 5.97. The summed E-state index contributed by atoms with van der Waals surface area (Å²) in [6.07, 6.45) is 1.56. The number of hydrogen-bond acceptors (Lipinski definition) is 4. The molecule has 2 aromatic rings. The number of hydrazone groups is 1. The second-order valence-electron chi connectivity index (χ2n) is 3.70. The number of non-ortho nitro benzene ring substituents is 1. The summed E-state index contributed by atoms with van der Waals surface area (Å²) in [7, 11) is 0. The van der Waals surface area contributed by atoms with E-state index in [0.717, 1.165) is 5.56 Å². The molecule has 0 bridgehead atoms. The number of nitrogens with one attached hydrogen (secondary N) is 1. The van der Waals surface area contributed by atoms with E-state index >= 15 is 0 Å². The monoisotopic (exact) mass is 275 g/mol. The summed E-state index contributed by atoms with van der Waals surface area (Å²) < 4.78 is 0. The lowest BCUT2D eigenvalue weighted by Crippen LogP contribution is -1.93. The number of anilines is 1. The zero-order chi connectivity index (χ0) is 13.7. The number of rotatable bonds is 4. The van der Waals surface area contributed by atoms with Gasteiger partial charge in [-0.25, -0.2) is 0 Å². The summed E-state index contributed by atoms with van der Waals surface area (Å²) in [6.45, 7) is 0. The normalized spacial score (nSPS) is 10.6. The maximum atomic E-state index is 10.6. The fraction of sp³-hybridized carbons (Fsp3) is 0. The molecule has 0 unspecified atom stereocenters. The number of nitro benzene ring substituents is 1. The Morgan fingerprint density at radius 1 is 1.21 bits per heavy atom. The predicted octanol–water partition coefficient (Wildman–Crippen LogP) is 3.69. The lowest BCUT2D eigenvalue weighted by molar-refractivity contribution is -0.384. The Balaban J connectivity index is 2.09. The van der Waals surface area contributed by atoms with Crippen LogP contribution in [0.1, 0.15) is 5.56 Å². The lowest BCUT2D eigenvalue weighted by Gasteiger charge is -2.00. The van der Waals surface area contributed by atoms with Crippen molar-refractivity contribution in [1.29, 1.82) is 0 Å². The summed E-state index contributed by atoms with van der Waals surface area (Å²) in [4.78, 5) is 10.2. The predicted molar refractivity (Wildman–Crippen MR) is 75.8 cm³/mol. The highest BCUT2D eigenvalue weighted by Gasteiger charge is 2.04. The Kier molecular flexibility index (Phi) is 4.10. The Hall–Kier alpha value is -2.40. The standard InChI is InChI=1S/C13H10ClN3O2/c14-13-7-2-1-4-10(13)9-15-16-11-5-3-6-12(8-11)17(18)19/h1-9,16H/b15-9+. The Morgan fingerprint density at radius 3 is 2.74 bits per heavy atom. The second-order valence-corrected chi connectivity index (χ2v) is 4.11. The van der Waals surface area contributed by atoms with Crippen LogP contribution in [0.2, 0.25) is 5.02 Å². The van der Waals surface area contributed by atoms with Gasteiger partial charge in [0.15, 0.2) is 0 Å². The molecule has 0 radical (unpaired) electrons. The molecule has 0 aromatic heterocycles. The zero-order valence-corrected chi connectivity index (χ0v) is 10.5. The van der Waals surface area contributed by atoms with Gasteiger partial charge in [0.2, 0.25) is 0 Å². The van der Waals surface area contributed by atoms with Crippen LogP contribution in [0, 0.1) is 10.1 Å². The Bertz CT molecular complexity index is 629. The molecule has 1 N–H and O–H groups in total. The maximum absolute atomic E-state index is 10.6. The topological polar surface area (TPSA) is 67.5 Å². The summed E-state index contributed by atoms with van der Waals surface area (Å²) in [5, 5.41) is 15.2. The minimum absolute atomic E-state index is 0.0120. The Morgan fingerprint density at radius 2 is 2.00 bits per heavy atom. The maximum Gasteiger partial charge on any atom is 0.271 e. The number of nitrogens with zero attached hydrogens (tertiary/aromatic N) is 2. The third-order valence-electron chi connectivity index (χ3n) is 2.36. The number of nitro groups is 1. The SMILES string of the molecule is O=[N+]([O-])c1cccc(N/N=C/c2ccccc2Cl)c1. The molecule has 0 fully saturated rings. The highest BCUT2D eigenvalue weighted by atomic mass is 35.5. The zero-order valence-electron chi connectivity index (χ0n) is 9.79. The van der Waals surface area contributed by atoms with Crippen LogP contribution in [0.25, 0.3) is 0 Å². The van der Waals surface area contributed by atoms with E-state index in [-0.39, 0.29) is 5.69 Å². The number of halogens is 1. The quantitative estimate of drug-likeness (QED) is 0.525. The molecule has 0 aliphatic heterocycles. The fourth-order valence-corrected chi connectivity index (χ4v) is 1.63. The van der Waals surface area contributed by atoms with Crippen LogP contribution in [0.15, 0.2) is 53.6 Å². The molecule has 0 spiro atoms. The van der Waals surface area contributed by atoms with Crippen molar-refractivity contribution < 1.29 is 4.92 Å². The Labute approximate surface area is 114 Å². The van der Waals surface area contributed by atoms with Crippen LogP contribution in [0.5, 0.6) is 0 Å². The van der Waals surface area contributed by atoms with Gasteiger partial charge < -0.3 is 0 Å². The largest absolute Gasteiger partial charge is 0.278 e. The molecule has 2 rings (SSSR count). The molecule has 19 heavy (non-hydrogen) atoms. The third-order valence-corrected chi connectivity index (χ3v) is 2.70. The van der Waals surface area contributed by atoms with E-state index in [1.165, 1.54) is 12.1 Å². The van der Waals surface area contributed by atoms with Crippen LogP contribution >= 0.6 is 11.6 Å². The van der Waals surface area contributed by atoms with Crippen LogP contribution < -0.4 is 5.43 Å². The average Bonchev–Trinajstić information content (AvgIpc) is 2.41. The van der Waals surface area contributed by atoms with Gasteiger partial charge in [-0.05, 0) is 12.1 Å². The highest BCUT2D eigenvalue weighted by Crippen LogP contribution is 2.17. The summed E-state index contributed by atoms with van der Waals surface area (Å²) >= 11 is 5.96. The fourth-order valence-electron chi connectivity index (χ4n) is 1.45. The molecule has 6 heteroatoms. The van der Waals surface area contributed by atoms with E-state index in [9.17, 15) is 10.1 Å². The van der Waals surface area contributed by atoms with Gasteiger partial charge in [-0.2, -0.15) is 5.10 Å². The highest BCUT2D eigenvalue weighted by molar-refractivity contribution is 6.33. The molecule has 0 amide bonds. The third kappa shape index (κ3) is 3.53. The van der Waals surface area contributed by atoms with Gasteiger partial charge in [-0.1, -0.05) is 35.9 Å². The smallest absolute Gasteiger partial charge is 0.271 e. The molecule has 0 saturated carbocycles. The van der Waals surface area contributed by atoms with Crippen molar-refractivity contribution in [2.45, 2.75) is 0 Å². The summed E-state index contributed by atoms with van der Waals surface area (Å²) in [6, 6.07) is 13.4. The van der Waals surface area contributed by atoms with Gasteiger partial charge in [0.25, 0.3) is 5.69 Å². The molecular formula is C13H10ClN3O2. The van der Waals surface area contributed by atoms with Crippen molar-refractivity contribution in [3.05, 3.63) is 69.2 Å². The van der Waals surface area contributed by atoms with E-state index in [2.05, 4.69) is 10.5 Å². The van der Waals surface area contributed by atoms with Crippen molar-refractivity contribution in [2.24, 2.45) is 5.10 Å². The van der Waals surface area contributed by atoms with Crippen molar-refractivity contribution in [2.75, 3.05) is 5.43 Å². The first-order chi connectivity index (χ1) is 9.16. The van der Waals surface area contributed by atoms with E-state index < -0.39 is 4.92 Å². The first kappa shape index (κ1) is 13.0. The van der Waals surface area contributed by atoms with E-state index in [1.54, 1.807) is 24.4 Å². The molecule has 2 aromatic carbocycles. The van der Waals surface area contributed by atoms with Crippen molar-refractivity contribution in [1.82, 2.24) is 0 Å². The van der Waals surface area contributed by atoms with Gasteiger partial charge in [0.1, 0.15) is 0 Å². The van der Waals surface area contributed by atoms with Crippen LogP contribution in [0.3, 0.4) is 0 Å². The van der Waals surface area contributed by atoms with E-state index in [1.807, 2.05) is 18.2 Å². The molecule has 0 saturated heterocycles. The molecule has 96 valence electrons. The van der Waals surface area contributed by atoms with Gasteiger partial charge in [-0.15, -0.1) is 0 Å². The van der Waals surface area contributed by atoms with Crippen LogP contribution in [0.4, 0.5) is 11.4 Å². The molecule has 0 aliphatic rings. The van der Waals surface area contributed by atoms with E-state index in [4.69, 9.17) is 11.6 Å². The van der Waals surface area contributed by atoms with Crippen molar-refractivity contribution in [3.63, 3.8) is 0 Å². The van der Waals surface area contributed by atoms with Gasteiger partial charge in [-0.3, -0.25) is 15.5 Å². The van der Waals surface area contributed by atoms with Crippen LogP contribution in [-0.4, -0.2) is 11.1 Å². The van der Waals surface area contributed by atoms with Gasteiger partial charge >= 0.3 is 0 Å². The van der Waals surface area contributed by atoms with E-state index in [0.29, 0.717) is 10.7 Å². The number of hydrogen-bond donors (Lipinski definition) is 1.